The molecule has 96 valence electrons. The molecule has 0 atom stereocenters. The van der Waals surface area contributed by atoms with Crippen molar-refractivity contribution >= 4 is 44.7 Å². The number of nitrogens with zero attached hydrogens (tertiary/aromatic N) is 2. The number of nitrogens with one attached hydrogen (secondary N) is 1. The zero-order valence-electron chi connectivity index (χ0n) is 10.1. The fourth-order valence-electron chi connectivity index (χ4n) is 1.66. The Morgan fingerprint density at radius 2 is 2.33 bits per heavy atom. The first-order chi connectivity index (χ1) is 8.61. The standard InChI is InChI=1S/C11H13N3O2S2/c1-7-13-9-5-8(12-3-4-17-2)10(14(15)16)6-11(9)18-7/h5-6,12H,3-4H2,1-2H3. The Kier molecular flexibility index (Phi) is 4.03. The molecule has 0 spiro atoms. The average Bonchev–Trinajstić information content (AvgIpc) is 2.67. The molecule has 0 amide bonds. The topological polar surface area (TPSA) is 68.1 Å². The van der Waals surface area contributed by atoms with Crippen molar-refractivity contribution in [3.8, 4) is 0 Å². The highest BCUT2D eigenvalue weighted by Gasteiger charge is 2.16. The number of rotatable bonds is 5. The summed E-state index contributed by atoms with van der Waals surface area (Å²) in [5.74, 6) is 0.908. The van der Waals surface area contributed by atoms with Crippen LogP contribution in [0.15, 0.2) is 12.1 Å². The van der Waals surface area contributed by atoms with Crippen molar-refractivity contribution in [3.63, 3.8) is 0 Å². The lowest BCUT2D eigenvalue weighted by Gasteiger charge is -2.05. The van der Waals surface area contributed by atoms with E-state index in [1.165, 1.54) is 11.3 Å². The minimum Gasteiger partial charge on any atom is -0.379 e. The number of thiazole rings is 1. The van der Waals surface area contributed by atoms with E-state index in [2.05, 4.69) is 10.3 Å². The molecule has 0 aliphatic heterocycles. The first-order valence-electron chi connectivity index (χ1n) is 5.40. The molecule has 0 unspecified atom stereocenters. The molecule has 18 heavy (non-hydrogen) atoms. The number of aromatic nitrogens is 1. The van der Waals surface area contributed by atoms with Crippen molar-refractivity contribution in [1.82, 2.24) is 4.98 Å². The highest BCUT2D eigenvalue weighted by molar-refractivity contribution is 7.98. The molecule has 0 radical (unpaired) electrons. The molecule has 0 aliphatic rings. The first-order valence-corrected chi connectivity index (χ1v) is 7.61. The number of anilines is 1. The molecule has 0 fully saturated rings. The number of hydrogen-bond donors (Lipinski definition) is 1. The van der Waals surface area contributed by atoms with Gasteiger partial charge in [-0.3, -0.25) is 10.1 Å². The average molecular weight is 283 g/mol. The maximum atomic E-state index is 11.0. The molecule has 0 saturated carbocycles. The van der Waals surface area contributed by atoms with Crippen molar-refractivity contribution in [2.24, 2.45) is 0 Å². The van der Waals surface area contributed by atoms with E-state index in [0.717, 1.165) is 21.0 Å². The number of benzene rings is 1. The Morgan fingerprint density at radius 1 is 1.56 bits per heavy atom. The summed E-state index contributed by atoms with van der Waals surface area (Å²) in [6.45, 7) is 2.61. The van der Waals surface area contributed by atoms with E-state index < -0.39 is 0 Å². The van der Waals surface area contributed by atoms with E-state index in [9.17, 15) is 10.1 Å². The Labute approximate surface area is 113 Å². The summed E-state index contributed by atoms with van der Waals surface area (Å²) >= 11 is 3.17. The van der Waals surface area contributed by atoms with Crippen molar-refractivity contribution in [2.75, 3.05) is 23.9 Å². The zero-order valence-corrected chi connectivity index (χ0v) is 11.7. The lowest BCUT2D eigenvalue weighted by Crippen LogP contribution is -2.06. The van der Waals surface area contributed by atoms with Gasteiger partial charge in [0, 0.05) is 18.4 Å². The van der Waals surface area contributed by atoms with Gasteiger partial charge in [-0.2, -0.15) is 11.8 Å². The van der Waals surface area contributed by atoms with Crippen LogP contribution >= 0.6 is 23.1 Å². The second-order valence-electron chi connectivity index (χ2n) is 3.75. The molecular weight excluding hydrogens is 270 g/mol. The number of nitro benzene ring substituents is 1. The summed E-state index contributed by atoms with van der Waals surface area (Å²) in [7, 11) is 0. The Morgan fingerprint density at radius 3 is 3.00 bits per heavy atom. The van der Waals surface area contributed by atoms with Crippen LogP contribution in [0, 0.1) is 17.0 Å². The Hall–Kier alpha value is -1.34. The lowest BCUT2D eigenvalue weighted by molar-refractivity contribution is -0.383. The highest BCUT2D eigenvalue weighted by atomic mass is 32.2. The highest BCUT2D eigenvalue weighted by Crippen LogP contribution is 2.32. The number of aryl methyl sites for hydroxylation is 1. The minimum absolute atomic E-state index is 0.118. The van der Waals surface area contributed by atoms with Gasteiger partial charge >= 0.3 is 0 Å². The van der Waals surface area contributed by atoms with Crippen LogP contribution in [0.2, 0.25) is 0 Å². The van der Waals surface area contributed by atoms with Crippen molar-refractivity contribution in [2.45, 2.75) is 6.92 Å². The SMILES string of the molecule is CSCCNc1cc2nc(C)sc2cc1[N+](=O)[O-]. The third kappa shape index (κ3) is 2.73. The molecule has 1 aromatic carbocycles. The molecule has 2 aromatic rings. The fourth-order valence-corrected chi connectivity index (χ4v) is 2.81. The van der Waals surface area contributed by atoms with Gasteiger partial charge in [0.15, 0.2) is 0 Å². The van der Waals surface area contributed by atoms with Crippen LogP contribution in [0.5, 0.6) is 0 Å². The van der Waals surface area contributed by atoms with E-state index in [1.807, 2.05) is 13.2 Å². The largest absolute Gasteiger partial charge is 0.379 e. The molecule has 1 heterocycles. The molecule has 5 nitrogen and oxygen atoms in total. The normalized spacial score (nSPS) is 10.8. The summed E-state index contributed by atoms with van der Waals surface area (Å²) in [6, 6.07) is 3.36. The smallest absolute Gasteiger partial charge is 0.293 e. The van der Waals surface area contributed by atoms with Crippen LogP contribution in [-0.4, -0.2) is 28.5 Å². The lowest BCUT2D eigenvalue weighted by atomic mass is 10.2. The number of nitro groups is 1. The Bertz CT molecular complexity index is 583. The van der Waals surface area contributed by atoms with Crippen LogP contribution in [-0.2, 0) is 0 Å². The van der Waals surface area contributed by atoms with Gasteiger partial charge in [-0.15, -0.1) is 11.3 Å². The zero-order chi connectivity index (χ0) is 13.1. The quantitative estimate of drug-likeness (QED) is 0.518. The summed E-state index contributed by atoms with van der Waals surface area (Å²) in [6.07, 6.45) is 2.00. The third-order valence-electron chi connectivity index (χ3n) is 2.43. The van der Waals surface area contributed by atoms with Gasteiger partial charge in [0.1, 0.15) is 5.69 Å². The van der Waals surface area contributed by atoms with Gasteiger partial charge < -0.3 is 5.32 Å². The molecule has 0 aliphatic carbocycles. The number of thioether (sulfide) groups is 1. The van der Waals surface area contributed by atoms with E-state index in [4.69, 9.17) is 0 Å². The van der Waals surface area contributed by atoms with Crippen LogP contribution in [0.1, 0.15) is 5.01 Å². The molecule has 2 rings (SSSR count). The van der Waals surface area contributed by atoms with Gasteiger partial charge in [-0.1, -0.05) is 0 Å². The summed E-state index contributed by atoms with van der Waals surface area (Å²) in [5.41, 5.74) is 1.48. The molecular formula is C11H13N3O2S2. The van der Waals surface area contributed by atoms with Crippen LogP contribution < -0.4 is 5.32 Å². The van der Waals surface area contributed by atoms with Gasteiger partial charge in [0.05, 0.1) is 20.1 Å². The molecule has 0 saturated heterocycles. The van der Waals surface area contributed by atoms with E-state index >= 15 is 0 Å². The van der Waals surface area contributed by atoms with Gasteiger partial charge in [0.2, 0.25) is 0 Å². The van der Waals surface area contributed by atoms with Gasteiger partial charge in [-0.25, -0.2) is 4.98 Å². The molecule has 7 heteroatoms. The van der Waals surface area contributed by atoms with Crippen molar-refractivity contribution in [1.29, 1.82) is 0 Å². The van der Waals surface area contributed by atoms with E-state index in [1.54, 1.807) is 23.9 Å². The maximum absolute atomic E-state index is 11.0. The maximum Gasteiger partial charge on any atom is 0.293 e. The Balaban J connectivity index is 2.40. The van der Waals surface area contributed by atoms with Crippen molar-refractivity contribution in [3.05, 3.63) is 27.3 Å². The van der Waals surface area contributed by atoms with Crippen LogP contribution in [0.3, 0.4) is 0 Å². The molecule has 1 aromatic heterocycles. The monoisotopic (exact) mass is 283 g/mol. The summed E-state index contributed by atoms with van der Waals surface area (Å²) < 4.78 is 0.856. The second kappa shape index (κ2) is 5.53. The van der Waals surface area contributed by atoms with Crippen LogP contribution in [0.25, 0.3) is 10.2 Å². The minimum atomic E-state index is -0.351. The predicted octanol–water partition coefficient (Wildman–Crippen LogP) is 3.29. The first kappa shape index (κ1) is 13.1. The second-order valence-corrected chi connectivity index (χ2v) is 5.97. The van der Waals surface area contributed by atoms with Gasteiger partial charge in [0.25, 0.3) is 5.69 Å². The summed E-state index contributed by atoms with van der Waals surface area (Å²) in [5, 5.41) is 15.1. The van der Waals surface area contributed by atoms with E-state index in [0.29, 0.717) is 12.2 Å². The van der Waals surface area contributed by atoms with Crippen LogP contribution in [0.4, 0.5) is 11.4 Å². The van der Waals surface area contributed by atoms with E-state index in [-0.39, 0.29) is 10.6 Å². The predicted molar refractivity (Wildman–Crippen MR) is 77.9 cm³/mol. The third-order valence-corrected chi connectivity index (χ3v) is 3.98. The fraction of sp³-hybridized carbons (Fsp3) is 0.364. The number of hydrogen-bond acceptors (Lipinski definition) is 6. The molecule has 1 N–H and O–H groups in total. The molecule has 0 bridgehead atoms. The summed E-state index contributed by atoms with van der Waals surface area (Å²) in [4.78, 5) is 15.1. The van der Waals surface area contributed by atoms with Gasteiger partial charge in [-0.05, 0) is 19.2 Å². The van der Waals surface area contributed by atoms with Crippen molar-refractivity contribution < 1.29 is 4.92 Å². The number of fused-ring (bicyclic) bond motifs is 1.